The molecule has 0 saturated heterocycles. The Hall–Kier alpha value is -3.38. The average Bonchev–Trinajstić information content (AvgIpc) is 3.37. The van der Waals surface area contributed by atoms with Gasteiger partial charge in [0.05, 0.1) is 0 Å². The van der Waals surface area contributed by atoms with Gasteiger partial charge in [-0.2, -0.15) is 0 Å². The second kappa shape index (κ2) is 7.07. The van der Waals surface area contributed by atoms with Crippen LogP contribution in [0.3, 0.4) is 0 Å². The van der Waals surface area contributed by atoms with Crippen LogP contribution in [0.1, 0.15) is 0 Å². The molecule has 0 atom stereocenters. The van der Waals surface area contributed by atoms with E-state index in [9.17, 15) is 0 Å². The molecule has 0 aliphatic carbocycles. The van der Waals surface area contributed by atoms with E-state index in [1.54, 1.807) is 0 Å². The van der Waals surface area contributed by atoms with E-state index in [2.05, 4.69) is 75.4 Å². The van der Waals surface area contributed by atoms with E-state index in [0.717, 1.165) is 50.0 Å². The summed E-state index contributed by atoms with van der Waals surface area (Å²) in [6.07, 6.45) is 3.63. The minimum atomic E-state index is -1.96. The summed E-state index contributed by atoms with van der Waals surface area (Å²) in [7, 11) is 0. The third kappa shape index (κ3) is 2.98. The van der Waals surface area contributed by atoms with Crippen molar-refractivity contribution in [2.45, 2.75) is 17.3 Å². The molecule has 3 aromatic heterocycles. The number of hydrogen-bond donors (Lipinski definition) is 0. The first-order valence-electron chi connectivity index (χ1n) is 10.8. The van der Waals surface area contributed by atoms with Gasteiger partial charge in [0.2, 0.25) is 0 Å². The van der Waals surface area contributed by atoms with Crippen molar-refractivity contribution in [2.75, 3.05) is 0 Å². The molecule has 0 aliphatic rings. The Labute approximate surface area is 188 Å². The Bertz CT molecular complexity index is 1610. The summed E-state index contributed by atoms with van der Waals surface area (Å²) >= 11 is -1.96. The fourth-order valence-corrected chi connectivity index (χ4v) is 6.80. The van der Waals surface area contributed by atoms with Gasteiger partial charge in [-0.15, -0.1) is 0 Å². The zero-order valence-corrected chi connectivity index (χ0v) is 20.4. The summed E-state index contributed by atoms with van der Waals surface area (Å²) in [6.45, 7) is 0. The molecule has 0 amide bonds. The van der Waals surface area contributed by atoms with Crippen LogP contribution in [0.5, 0.6) is 0 Å². The standard InChI is InChI=1S/C27H23GeN3O/c1-28(2,3)18-12-13-20-21-10-7-11-22(26(21)32-25(20)16-18)27-30-23-17-29-15-14-24(23)31(27)19-8-5-4-6-9-19/h4-17H,1-3H3. The third-order valence-electron chi connectivity index (χ3n) is 6.08. The van der Waals surface area contributed by atoms with Crippen molar-refractivity contribution in [2.24, 2.45) is 0 Å². The number of hydrogen-bond acceptors (Lipinski definition) is 3. The molecule has 0 bridgehead atoms. The number of pyridine rings is 1. The summed E-state index contributed by atoms with van der Waals surface area (Å²) in [5, 5.41) is 2.27. The quantitative estimate of drug-likeness (QED) is 0.272. The van der Waals surface area contributed by atoms with Crippen LogP contribution in [-0.4, -0.2) is 27.8 Å². The normalized spacial score (nSPS) is 12.2. The molecule has 0 fully saturated rings. The number of nitrogens with zero attached hydrogens (tertiary/aromatic N) is 3. The summed E-state index contributed by atoms with van der Waals surface area (Å²) in [6, 6.07) is 25.4. The van der Waals surface area contributed by atoms with Crippen LogP contribution in [0.25, 0.3) is 50.0 Å². The van der Waals surface area contributed by atoms with Gasteiger partial charge in [0.15, 0.2) is 0 Å². The van der Waals surface area contributed by atoms with E-state index in [1.807, 2.05) is 36.7 Å². The molecule has 0 spiro atoms. The van der Waals surface area contributed by atoms with Crippen LogP contribution in [-0.2, 0) is 0 Å². The molecule has 32 heavy (non-hydrogen) atoms. The average molecular weight is 478 g/mol. The van der Waals surface area contributed by atoms with Crippen molar-refractivity contribution >= 4 is 50.6 Å². The molecule has 0 radical (unpaired) electrons. The van der Waals surface area contributed by atoms with Gasteiger partial charge >= 0.3 is 189 Å². The summed E-state index contributed by atoms with van der Waals surface area (Å²) in [5.41, 5.74) is 5.76. The Morgan fingerprint density at radius 1 is 0.844 bits per heavy atom. The molecular formula is C27H23GeN3O. The number of imidazole rings is 1. The van der Waals surface area contributed by atoms with Crippen LogP contribution in [0.2, 0.25) is 17.3 Å². The van der Waals surface area contributed by atoms with Crippen LogP contribution < -0.4 is 4.40 Å². The van der Waals surface area contributed by atoms with E-state index in [4.69, 9.17) is 9.40 Å². The molecule has 3 aromatic carbocycles. The number of aromatic nitrogens is 3. The molecule has 6 rings (SSSR count). The molecule has 0 saturated carbocycles. The SMILES string of the molecule is [CH3][Ge]([CH3])([CH3])[c]1ccc2c(c1)oc1c(-c3nc4cnccc4n3-c3ccccc3)cccc12. The van der Waals surface area contributed by atoms with Gasteiger partial charge < -0.3 is 0 Å². The van der Waals surface area contributed by atoms with Crippen molar-refractivity contribution in [3.05, 3.63) is 85.2 Å². The van der Waals surface area contributed by atoms with Gasteiger partial charge in [0, 0.05) is 0 Å². The topological polar surface area (TPSA) is 43.9 Å². The van der Waals surface area contributed by atoms with Crippen LogP contribution in [0, 0.1) is 0 Å². The second-order valence-electron chi connectivity index (χ2n) is 9.22. The molecule has 5 heteroatoms. The molecule has 0 aliphatic heterocycles. The fourth-order valence-electron chi connectivity index (χ4n) is 4.39. The molecule has 156 valence electrons. The van der Waals surface area contributed by atoms with E-state index in [-0.39, 0.29) is 0 Å². The van der Waals surface area contributed by atoms with E-state index < -0.39 is 13.3 Å². The van der Waals surface area contributed by atoms with E-state index in [1.165, 1.54) is 4.40 Å². The van der Waals surface area contributed by atoms with Gasteiger partial charge in [0.1, 0.15) is 0 Å². The third-order valence-corrected chi connectivity index (χ3v) is 10.4. The zero-order valence-electron chi connectivity index (χ0n) is 18.3. The van der Waals surface area contributed by atoms with Crippen molar-refractivity contribution in [1.82, 2.24) is 14.5 Å². The number of fused-ring (bicyclic) bond motifs is 4. The molecule has 4 nitrogen and oxygen atoms in total. The molecule has 0 unspecified atom stereocenters. The van der Waals surface area contributed by atoms with Gasteiger partial charge in [-0.05, 0) is 0 Å². The van der Waals surface area contributed by atoms with Gasteiger partial charge in [0.25, 0.3) is 0 Å². The zero-order chi connectivity index (χ0) is 21.9. The van der Waals surface area contributed by atoms with Crippen molar-refractivity contribution < 1.29 is 4.42 Å². The first kappa shape index (κ1) is 19.3. The Morgan fingerprint density at radius 3 is 2.50 bits per heavy atom. The summed E-state index contributed by atoms with van der Waals surface area (Å²) < 4.78 is 10.2. The van der Waals surface area contributed by atoms with Gasteiger partial charge in [-0.1, -0.05) is 0 Å². The molecule has 6 aromatic rings. The fraction of sp³-hybridized carbons (Fsp3) is 0.111. The predicted octanol–water partition coefficient (Wildman–Crippen LogP) is 6.53. The second-order valence-corrected chi connectivity index (χ2v) is 19.9. The molecule has 0 N–H and O–H groups in total. The van der Waals surface area contributed by atoms with Crippen LogP contribution in [0.15, 0.2) is 89.6 Å². The summed E-state index contributed by atoms with van der Waals surface area (Å²) in [4.78, 5) is 9.28. The van der Waals surface area contributed by atoms with Gasteiger partial charge in [-0.25, -0.2) is 0 Å². The molecule has 3 heterocycles. The number of benzene rings is 3. The molecular weight excluding hydrogens is 455 g/mol. The van der Waals surface area contributed by atoms with Crippen molar-refractivity contribution in [1.29, 1.82) is 0 Å². The Balaban J connectivity index is 1.67. The van der Waals surface area contributed by atoms with Crippen molar-refractivity contribution in [3.63, 3.8) is 0 Å². The maximum absolute atomic E-state index is 6.52. The number of para-hydroxylation sites is 2. The van der Waals surface area contributed by atoms with E-state index in [0.29, 0.717) is 0 Å². The predicted molar refractivity (Wildman–Crippen MR) is 135 cm³/mol. The number of furan rings is 1. The summed E-state index contributed by atoms with van der Waals surface area (Å²) in [5.74, 6) is 8.08. The van der Waals surface area contributed by atoms with Crippen molar-refractivity contribution in [3.8, 4) is 17.1 Å². The maximum atomic E-state index is 6.52. The van der Waals surface area contributed by atoms with Gasteiger partial charge in [-0.3, -0.25) is 0 Å². The Morgan fingerprint density at radius 2 is 1.69 bits per heavy atom. The monoisotopic (exact) mass is 479 g/mol. The van der Waals surface area contributed by atoms with E-state index >= 15 is 0 Å². The first-order valence-corrected chi connectivity index (χ1v) is 18.2. The minimum absolute atomic E-state index is 0.859. The first-order chi connectivity index (χ1) is 15.5. The number of rotatable bonds is 3. The Kier molecular flexibility index (Phi) is 4.27. The van der Waals surface area contributed by atoms with Crippen LogP contribution in [0.4, 0.5) is 0 Å². The van der Waals surface area contributed by atoms with Crippen LogP contribution >= 0.6 is 0 Å².